The first kappa shape index (κ1) is 18.7. The van der Waals surface area contributed by atoms with Crippen LogP contribution in [0.15, 0.2) is 42.7 Å². The van der Waals surface area contributed by atoms with E-state index >= 15 is 0 Å². The lowest BCUT2D eigenvalue weighted by molar-refractivity contribution is -0.140. The molecule has 7 nitrogen and oxygen atoms in total. The van der Waals surface area contributed by atoms with Crippen LogP contribution in [0.4, 0.5) is 14.6 Å². The Morgan fingerprint density at radius 3 is 2.74 bits per heavy atom. The van der Waals surface area contributed by atoms with Crippen LogP contribution >= 0.6 is 0 Å². The van der Waals surface area contributed by atoms with Gasteiger partial charge in [-0.25, -0.2) is 13.8 Å². The van der Waals surface area contributed by atoms with Crippen molar-refractivity contribution in [2.75, 3.05) is 18.0 Å². The van der Waals surface area contributed by atoms with Crippen LogP contribution in [0.3, 0.4) is 0 Å². The fourth-order valence-corrected chi connectivity index (χ4v) is 5.28. The minimum Gasteiger partial charge on any atom is -0.356 e. The van der Waals surface area contributed by atoms with Gasteiger partial charge in [0.2, 0.25) is 0 Å². The van der Waals surface area contributed by atoms with E-state index in [1.54, 1.807) is 21.8 Å². The van der Waals surface area contributed by atoms with Crippen LogP contribution in [0.1, 0.15) is 37.3 Å². The molecule has 0 saturated carbocycles. The zero-order valence-corrected chi connectivity index (χ0v) is 16.7. The molecule has 31 heavy (non-hydrogen) atoms. The minimum atomic E-state index is -0.903. The molecule has 2 atom stereocenters. The van der Waals surface area contributed by atoms with Crippen LogP contribution in [0.5, 0.6) is 0 Å². The van der Waals surface area contributed by atoms with Gasteiger partial charge < -0.3 is 14.5 Å². The largest absolute Gasteiger partial charge is 0.356 e. The Hall–Kier alpha value is -3.07. The van der Waals surface area contributed by atoms with Crippen LogP contribution in [0.25, 0.3) is 5.65 Å². The lowest BCUT2D eigenvalue weighted by Crippen LogP contribution is -2.50. The van der Waals surface area contributed by atoms with E-state index in [9.17, 15) is 13.6 Å². The van der Waals surface area contributed by atoms with Crippen LogP contribution < -0.4 is 4.90 Å². The van der Waals surface area contributed by atoms with E-state index in [-0.39, 0.29) is 17.7 Å². The molecule has 1 amide bonds. The quantitative estimate of drug-likeness (QED) is 0.632. The minimum absolute atomic E-state index is 0.109. The summed E-state index contributed by atoms with van der Waals surface area (Å²) in [5.74, 6) is -0.174. The summed E-state index contributed by atoms with van der Waals surface area (Å²) in [7, 11) is 0. The number of benzene rings is 1. The SMILES string of the molecule is O=C1N2[C@@H](CC[C@H]2c2cc(F)ccc2F)OC12CCN(c1ccnc3ccnn13)CC2. The number of hydrogen-bond acceptors (Lipinski definition) is 5. The standard InChI is InChI=1S/C22H21F2N5O2/c23-14-1-2-16(24)15(13-14)17-3-4-20-28(17)21(30)22(31-20)7-11-27(12-8-22)19-6-9-25-18-5-10-26-29(18)19/h1-2,5-6,9-10,13,17,20H,3-4,7-8,11-12H2/t17-,20+/m0/s1. The van der Waals surface area contributed by atoms with Gasteiger partial charge in [0, 0.05) is 43.8 Å². The van der Waals surface area contributed by atoms with Crippen LogP contribution in [-0.2, 0) is 9.53 Å². The molecule has 3 fully saturated rings. The first-order chi connectivity index (χ1) is 15.1. The third kappa shape index (κ3) is 2.76. The summed E-state index contributed by atoms with van der Waals surface area (Å²) in [5.41, 5.74) is 0.0956. The summed E-state index contributed by atoms with van der Waals surface area (Å²) in [6.45, 7) is 1.26. The van der Waals surface area contributed by atoms with Crippen molar-refractivity contribution in [1.82, 2.24) is 19.5 Å². The van der Waals surface area contributed by atoms with Gasteiger partial charge in [-0.2, -0.15) is 9.61 Å². The molecule has 0 unspecified atom stereocenters. The van der Waals surface area contributed by atoms with Crippen molar-refractivity contribution in [2.24, 2.45) is 0 Å². The molecule has 3 aromatic rings. The van der Waals surface area contributed by atoms with Gasteiger partial charge in [-0.1, -0.05) is 0 Å². The first-order valence-corrected chi connectivity index (χ1v) is 10.5. The third-order valence-corrected chi connectivity index (χ3v) is 6.80. The smallest absolute Gasteiger partial charge is 0.257 e. The van der Waals surface area contributed by atoms with E-state index in [1.165, 1.54) is 6.07 Å². The topological polar surface area (TPSA) is 63.0 Å². The van der Waals surface area contributed by atoms with Crippen molar-refractivity contribution in [3.63, 3.8) is 0 Å². The summed E-state index contributed by atoms with van der Waals surface area (Å²) >= 11 is 0. The molecular formula is C22H21F2N5O2. The lowest BCUT2D eigenvalue weighted by atomic mass is 9.89. The van der Waals surface area contributed by atoms with E-state index in [0.29, 0.717) is 38.8 Å². The zero-order chi connectivity index (χ0) is 21.2. The molecule has 0 aliphatic carbocycles. The summed E-state index contributed by atoms with van der Waals surface area (Å²) in [4.78, 5) is 21.6. The number of fused-ring (bicyclic) bond motifs is 2. The molecule has 1 aromatic carbocycles. The zero-order valence-electron chi connectivity index (χ0n) is 16.7. The summed E-state index contributed by atoms with van der Waals surface area (Å²) < 4.78 is 36.3. The number of anilines is 1. The maximum atomic E-state index is 14.4. The molecule has 1 spiro atoms. The monoisotopic (exact) mass is 425 g/mol. The van der Waals surface area contributed by atoms with E-state index in [1.807, 2.05) is 12.1 Å². The highest BCUT2D eigenvalue weighted by atomic mass is 19.1. The van der Waals surface area contributed by atoms with Crippen molar-refractivity contribution in [1.29, 1.82) is 0 Å². The fourth-order valence-electron chi connectivity index (χ4n) is 5.28. The van der Waals surface area contributed by atoms with Gasteiger partial charge in [-0.15, -0.1) is 0 Å². The Morgan fingerprint density at radius 2 is 1.90 bits per heavy atom. The lowest BCUT2D eigenvalue weighted by Gasteiger charge is -2.38. The predicted molar refractivity (Wildman–Crippen MR) is 107 cm³/mol. The summed E-state index contributed by atoms with van der Waals surface area (Å²) in [5, 5.41) is 4.34. The highest BCUT2D eigenvalue weighted by molar-refractivity contribution is 5.88. The van der Waals surface area contributed by atoms with E-state index in [4.69, 9.17) is 4.74 Å². The van der Waals surface area contributed by atoms with Gasteiger partial charge in [0.1, 0.15) is 23.7 Å². The second kappa shape index (κ2) is 6.71. The maximum absolute atomic E-state index is 14.4. The summed E-state index contributed by atoms with van der Waals surface area (Å²) in [6.07, 6.45) is 5.32. The van der Waals surface area contributed by atoms with E-state index in [0.717, 1.165) is 23.6 Å². The first-order valence-electron chi connectivity index (χ1n) is 10.5. The van der Waals surface area contributed by atoms with Crippen LogP contribution in [-0.4, -0.2) is 50.3 Å². The molecule has 3 aliphatic rings. The Kier molecular flexibility index (Phi) is 4.05. The number of carbonyl (C=O) groups excluding carboxylic acids is 1. The Balaban J connectivity index is 1.24. The average molecular weight is 425 g/mol. The Morgan fingerprint density at radius 1 is 1.06 bits per heavy atom. The van der Waals surface area contributed by atoms with Crippen LogP contribution in [0, 0.1) is 11.6 Å². The van der Waals surface area contributed by atoms with Crippen molar-refractivity contribution in [3.8, 4) is 0 Å². The number of hydrogen-bond donors (Lipinski definition) is 0. The molecule has 0 radical (unpaired) electrons. The average Bonchev–Trinajstić information content (AvgIpc) is 3.47. The van der Waals surface area contributed by atoms with Gasteiger partial charge in [0.15, 0.2) is 11.2 Å². The molecule has 9 heteroatoms. The van der Waals surface area contributed by atoms with Gasteiger partial charge in [0.25, 0.3) is 5.91 Å². The van der Waals surface area contributed by atoms with Crippen molar-refractivity contribution in [2.45, 2.75) is 43.6 Å². The second-order valence-electron chi connectivity index (χ2n) is 8.43. The second-order valence-corrected chi connectivity index (χ2v) is 8.43. The van der Waals surface area contributed by atoms with Gasteiger partial charge in [-0.3, -0.25) is 4.79 Å². The van der Waals surface area contributed by atoms with E-state index < -0.39 is 23.3 Å². The number of rotatable bonds is 2. The summed E-state index contributed by atoms with van der Waals surface area (Å²) in [6, 6.07) is 6.69. The van der Waals surface area contributed by atoms with Crippen molar-refractivity contribution < 1.29 is 18.3 Å². The fraction of sp³-hybridized carbons (Fsp3) is 0.409. The highest BCUT2D eigenvalue weighted by Gasteiger charge is 2.58. The molecular weight excluding hydrogens is 404 g/mol. The van der Waals surface area contributed by atoms with Gasteiger partial charge in [0.05, 0.1) is 12.2 Å². The number of piperidine rings is 1. The van der Waals surface area contributed by atoms with E-state index in [2.05, 4.69) is 15.0 Å². The van der Waals surface area contributed by atoms with Crippen LogP contribution in [0.2, 0.25) is 0 Å². The number of ether oxygens (including phenoxy) is 1. The van der Waals surface area contributed by atoms with Gasteiger partial charge >= 0.3 is 0 Å². The molecule has 0 bridgehead atoms. The number of halogens is 2. The third-order valence-electron chi connectivity index (χ3n) is 6.80. The number of amides is 1. The van der Waals surface area contributed by atoms with Crippen molar-refractivity contribution in [3.05, 3.63) is 59.9 Å². The molecule has 5 heterocycles. The number of aromatic nitrogens is 3. The highest BCUT2D eigenvalue weighted by Crippen LogP contribution is 2.48. The molecule has 3 saturated heterocycles. The molecule has 6 rings (SSSR count). The van der Waals surface area contributed by atoms with Gasteiger partial charge in [-0.05, 0) is 37.1 Å². The molecule has 3 aliphatic heterocycles. The Bertz CT molecular complexity index is 1170. The molecule has 2 aromatic heterocycles. The molecule has 0 N–H and O–H groups in total. The predicted octanol–water partition coefficient (Wildman–Crippen LogP) is 3.07. The molecule has 160 valence electrons. The van der Waals surface area contributed by atoms with Crippen molar-refractivity contribution >= 4 is 17.4 Å². The number of nitrogens with zero attached hydrogens (tertiary/aromatic N) is 5. The Labute approximate surface area is 177 Å². The number of carbonyl (C=O) groups is 1. The normalized spacial score (nSPS) is 25.0. The maximum Gasteiger partial charge on any atom is 0.257 e.